The summed E-state index contributed by atoms with van der Waals surface area (Å²) in [5.74, 6) is -0.494. The Labute approximate surface area is 124 Å². The van der Waals surface area contributed by atoms with Crippen molar-refractivity contribution in [1.82, 2.24) is 0 Å². The monoisotopic (exact) mass is 294 g/mol. The van der Waals surface area contributed by atoms with Crippen molar-refractivity contribution in [2.24, 2.45) is 0 Å². The summed E-state index contributed by atoms with van der Waals surface area (Å²) in [4.78, 5) is 10.5. The van der Waals surface area contributed by atoms with Crippen molar-refractivity contribution in [2.45, 2.75) is 13.3 Å². The number of carbonyl (C=O) groups is 1. The molecule has 21 heavy (non-hydrogen) atoms. The van der Waals surface area contributed by atoms with Crippen LogP contribution in [0.5, 0.6) is 11.5 Å². The van der Waals surface area contributed by atoms with Crippen molar-refractivity contribution < 1.29 is 25.2 Å². The first kappa shape index (κ1) is 20.8. The number of hydrogen-bond acceptors (Lipinski definition) is 4. The van der Waals surface area contributed by atoms with Gasteiger partial charge in [-0.2, -0.15) is 0 Å². The molecule has 0 bridgehead atoms. The largest absolute Gasteiger partial charge is 0.504 e. The third-order valence-electron chi connectivity index (χ3n) is 2.14. The summed E-state index contributed by atoms with van der Waals surface area (Å²) < 4.78 is 4.60. The van der Waals surface area contributed by atoms with Crippen LogP contribution in [0.15, 0.2) is 55.7 Å². The second kappa shape index (κ2) is 11.3. The Bertz CT molecular complexity index is 491. The molecule has 0 fully saturated rings. The van der Waals surface area contributed by atoms with Crippen LogP contribution >= 0.6 is 0 Å². The number of esters is 1. The first-order valence-corrected chi connectivity index (χ1v) is 5.98. The Morgan fingerprint density at radius 2 is 1.90 bits per heavy atom. The lowest BCUT2D eigenvalue weighted by molar-refractivity contribution is -0.137. The molecule has 0 amide bonds. The van der Waals surface area contributed by atoms with Gasteiger partial charge in [-0.15, -0.1) is 6.58 Å². The summed E-state index contributed by atoms with van der Waals surface area (Å²) in [6.45, 7) is 12.2. The van der Waals surface area contributed by atoms with Crippen LogP contribution in [0.3, 0.4) is 0 Å². The fourth-order valence-electron chi connectivity index (χ4n) is 1.16. The molecular weight excluding hydrogens is 272 g/mol. The number of rotatable bonds is 5. The van der Waals surface area contributed by atoms with Gasteiger partial charge < -0.3 is 20.4 Å². The first-order chi connectivity index (χ1) is 9.43. The molecule has 0 saturated heterocycles. The molecule has 0 aliphatic heterocycles. The lowest BCUT2D eigenvalue weighted by atomic mass is 10.1. The Balaban J connectivity index is 0. The average Bonchev–Trinajstić information content (AvgIpc) is 2.42. The van der Waals surface area contributed by atoms with Crippen LogP contribution in [0, 0.1) is 0 Å². The number of carbonyl (C=O) groups excluding carboxylic acids is 1. The molecule has 0 spiro atoms. The van der Waals surface area contributed by atoms with Crippen molar-refractivity contribution in [3.63, 3.8) is 0 Å². The highest BCUT2D eigenvalue weighted by Gasteiger charge is 2.02. The first-order valence-electron chi connectivity index (χ1n) is 5.98. The lowest BCUT2D eigenvalue weighted by Crippen LogP contribution is -2.03. The zero-order valence-electron chi connectivity index (χ0n) is 12.1. The molecule has 0 atom stereocenters. The Hall–Kier alpha value is -2.53. The lowest BCUT2D eigenvalue weighted by Gasteiger charge is -2.01. The number of para-hydroxylation sites is 1. The number of benzene rings is 1. The summed E-state index contributed by atoms with van der Waals surface area (Å²) in [6.07, 6.45) is 3.76. The number of ether oxygens (including phenoxy) is 1. The highest BCUT2D eigenvalue weighted by molar-refractivity contribution is 5.86. The highest BCUT2D eigenvalue weighted by Crippen LogP contribution is 2.28. The molecule has 5 nitrogen and oxygen atoms in total. The van der Waals surface area contributed by atoms with Gasteiger partial charge in [0.2, 0.25) is 0 Å². The van der Waals surface area contributed by atoms with Gasteiger partial charge in [-0.1, -0.05) is 37.4 Å². The van der Waals surface area contributed by atoms with Gasteiger partial charge in [0.15, 0.2) is 11.5 Å². The fraction of sp³-hybridized carbons (Fsp3) is 0.188. The number of phenolic OH excluding ortho intramolecular Hbond substituents is 2. The van der Waals surface area contributed by atoms with Crippen molar-refractivity contribution >= 4 is 5.97 Å². The smallest absolute Gasteiger partial charge is 0.333 e. The van der Waals surface area contributed by atoms with E-state index in [1.807, 2.05) is 0 Å². The van der Waals surface area contributed by atoms with E-state index in [1.54, 1.807) is 25.1 Å². The van der Waals surface area contributed by atoms with E-state index < -0.39 is 0 Å². The molecule has 1 rings (SSSR count). The summed E-state index contributed by atoms with van der Waals surface area (Å²) in [6, 6.07) is 4.88. The van der Waals surface area contributed by atoms with E-state index in [-0.39, 0.29) is 29.6 Å². The average molecular weight is 294 g/mol. The second-order valence-electron chi connectivity index (χ2n) is 3.95. The molecule has 5 heteroatoms. The topological polar surface area (TPSA) is 98.3 Å². The highest BCUT2D eigenvalue weighted by atomic mass is 16.5. The number of aromatic hydroxyl groups is 2. The van der Waals surface area contributed by atoms with Crippen LogP contribution in [-0.4, -0.2) is 28.3 Å². The van der Waals surface area contributed by atoms with Gasteiger partial charge in [0.05, 0.1) is 0 Å². The molecule has 0 aromatic heterocycles. The minimum absolute atomic E-state index is 0. The zero-order valence-corrected chi connectivity index (χ0v) is 12.1. The summed E-state index contributed by atoms with van der Waals surface area (Å²) >= 11 is 0. The Morgan fingerprint density at radius 3 is 2.38 bits per heavy atom. The van der Waals surface area contributed by atoms with E-state index in [4.69, 9.17) is 5.11 Å². The van der Waals surface area contributed by atoms with E-state index in [9.17, 15) is 9.90 Å². The van der Waals surface area contributed by atoms with E-state index in [0.29, 0.717) is 17.6 Å². The summed E-state index contributed by atoms with van der Waals surface area (Å²) in [7, 11) is 0. The fourth-order valence-corrected chi connectivity index (χ4v) is 1.16. The Morgan fingerprint density at radius 1 is 1.29 bits per heavy atom. The van der Waals surface area contributed by atoms with E-state index in [2.05, 4.69) is 24.5 Å². The Kier molecular flexibility index (Phi) is 11.2. The van der Waals surface area contributed by atoms with Gasteiger partial charge in [-0.3, -0.25) is 0 Å². The maximum absolute atomic E-state index is 10.5. The third-order valence-corrected chi connectivity index (χ3v) is 2.14. The molecule has 0 aliphatic rings. The summed E-state index contributed by atoms with van der Waals surface area (Å²) in [5, 5.41) is 18.3. The minimum atomic E-state index is -0.366. The molecule has 4 N–H and O–H groups in total. The predicted molar refractivity (Wildman–Crippen MR) is 83.3 cm³/mol. The molecule has 0 heterocycles. The molecular formula is C16H22O5. The summed E-state index contributed by atoms with van der Waals surface area (Å²) in [5.41, 5.74) is 1.11. The normalized spacial score (nSPS) is 8.43. The van der Waals surface area contributed by atoms with Crippen molar-refractivity contribution in [2.75, 3.05) is 6.61 Å². The molecule has 0 unspecified atom stereocenters. The van der Waals surface area contributed by atoms with Crippen LogP contribution in [0.25, 0.3) is 0 Å². The van der Waals surface area contributed by atoms with E-state index >= 15 is 0 Å². The second-order valence-corrected chi connectivity index (χ2v) is 3.95. The molecule has 0 saturated carbocycles. The van der Waals surface area contributed by atoms with Gasteiger partial charge >= 0.3 is 5.97 Å². The third kappa shape index (κ3) is 8.28. The van der Waals surface area contributed by atoms with Gasteiger partial charge in [-0.05, 0) is 19.4 Å². The van der Waals surface area contributed by atoms with Crippen LogP contribution in [0.2, 0.25) is 0 Å². The standard InChI is InChI=1S/C9H10O2.C7H10O2.H2O/c1-2-4-7-5-3-6-8(10)9(7)11;1-4-5-9-7(8)6(2)3;/h2-3,5-6,10-11H,1,4H2;4H,1-2,5H2,3H3;1H2. The SMILES string of the molecule is C=CCOC(=O)C(=C)C.C=CCc1cccc(O)c1O.O. The van der Waals surface area contributed by atoms with Crippen molar-refractivity contribution in [3.05, 3.63) is 61.2 Å². The van der Waals surface area contributed by atoms with Crippen molar-refractivity contribution in [3.8, 4) is 11.5 Å². The van der Waals surface area contributed by atoms with Crippen LogP contribution in [0.1, 0.15) is 12.5 Å². The van der Waals surface area contributed by atoms with Gasteiger partial charge in [0.25, 0.3) is 0 Å². The van der Waals surface area contributed by atoms with E-state index in [1.165, 1.54) is 12.1 Å². The molecule has 0 aliphatic carbocycles. The quantitative estimate of drug-likeness (QED) is 0.377. The number of phenols is 2. The molecule has 1 aromatic carbocycles. The maximum atomic E-state index is 10.5. The number of hydrogen-bond donors (Lipinski definition) is 2. The zero-order chi connectivity index (χ0) is 15.5. The predicted octanol–water partition coefficient (Wildman–Crippen LogP) is 2.29. The van der Waals surface area contributed by atoms with Gasteiger partial charge in [0, 0.05) is 11.1 Å². The van der Waals surface area contributed by atoms with Crippen LogP contribution < -0.4 is 0 Å². The van der Waals surface area contributed by atoms with Crippen LogP contribution in [0.4, 0.5) is 0 Å². The van der Waals surface area contributed by atoms with Gasteiger partial charge in [0.1, 0.15) is 6.61 Å². The number of allylic oxidation sites excluding steroid dienone is 1. The van der Waals surface area contributed by atoms with Crippen molar-refractivity contribution in [1.29, 1.82) is 0 Å². The van der Waals surface area contributed by atoms with Gasteiger partial charge in [-0.25, -0.2) is 4.79 Å². The van der Waals surface area contributed by atoms with E-state index in [0.717, 1.165) is 0 Å². The van der Waals surface area contributed by atoms with Crippen LogP contribution in [-0.2, 0) is 16.0 Å². The minimum Gasteiger partial charge on any atom is -0.504 e. The molecule has 0 radical (unpaired) electrons. The molecule has 1 aromatic rings. The maximum Gasteiger partial charge on any atom is 0.333 e. The molecule has 116 valence electrons.